The molecule has 0 unspecified atom stereocenters. The van der Waals surface area contributed by atoms with Crippen LogP contribution in [0.3, 0.4) is 0 Å². The second kappa shape index (κ2) is 6.75. The van der Waals surface area contributed by atoms with Crippen LogP contribution in [-0.4, -0.2) is 34.8 Å². The molecule has 124 valence electrons. The van der Waals surface area contributed by atoms with Crippen molar-refractivity contribution in [2.75, 3.05) is 18.0 Å². The van der Waals surface area contributed by atoms with Gasteiger partial charge in [-0.25, -0.2) is 0 Å². The van der Waals surface area contributed by atoms with Crippen LogP contribution >= 0.6 is 0 Å². The number of benzene rings is 1. The van der Waals surface area contributed by atoms with Crippen molar-refractivity contribution in [1.82, 2.24) is 15.1 Å². The quantitative estimate of drug-likeness (QED) is 0.937. The molecular weight excluding hydrogens is 302 g/mol. The molecule has 0 bridgehead atoms. The highest BCUT2D eigenvalue weighted by molar-refractivity contribution is 5.92. The number of rotatable bonds is 3. The number of aryl methyl sites for hydroxylation is 2. The molecule has 0 aliphatic carbocycles. The monoisotopic (exact) mass is 323 g/mol. The van der Waals surface area contributed by atoms with Gasteiger partial charge in [0.15, 0.2) is 0 Å². The molecule has 0 radical (unpaired) electrons. The summed E-state index contributed by atoms with van der Waals surface area (Å²) >= 11 is 0. The normalized spacial score (nSPS) is 15.1. The summed E-state index contributed by atoms with van der Waals surface area (Å²) in [4.78, 5) is 14.6. The minimum absolute atomic E-state index is 0.0603. The summed E-state index contributed by atoms with van der Waals surface area (Å²) < 4.78 is 1.62. The predicted octanol–water partition coefficient (Wildman–Crippen LogP) is 2.00. The third-order valence-corrected chi connectivity index (χ3v) is 4.43. The molecule has 1 aliphatic heterocycles. The molecule has 1 aromatic heterocycles. The molecule has 0 spiro atoms. The van der Waals surface area contributed by atoms with Crippen LogP contribution in [0.25, 0.3) is 0 Å². The maximum Gasteiger partial charge on any atom is 0.269 e. The second-order valence-corrected chi connectivity index (χ2v) is 6.19. The zero-order valence-electron chi connectivity index (χ0n) is 14.0. The molecule has 0 atom stereocenters. The maximum absolute atomic E-state index is 12.4. The highest BCUT2D eigenvalue weighted by Gasteiger charge is 2.22. The lowest BCUT2D eigenvalue weighted by Crippen LogP contribution is -2.45. The molecule has 6 heteroatoms. The van der Waals surface area contributed by atoms with Gasteiger partial charge in [-0.2, -0.15) is 10.4 Å². The Morgan fingerprint density at radius 3 is 2.50 bits per heavy atom. The van der Waals surface area contributed by atoms with Crippen LogP contribution in [0.4, 0.5) is 5.69 Å². The van der Waals surface area contributed by atoms with E-state index in [4.69, 9.17) is 5.26 Å². The fourth-order valence-corrected chi connectivity index (χ4v) is 3.11. The number of nitrogens with zero attached hydrogens (tertiary/aromatic N) is 4. The van der Waals surface area contributed by atoms with Crippen LogP contribution in [0.15, 0.2) is 30.3 Å². The van der Waals surface area contributed by atoms with Gasteiger partial charge in [0.2, 0.25) is 0 Å². The number of hydrogen-bond donors (Lipinski definition) is 1. The first-order valence-corrected chi connectivity index (χ1v) is 8.13. The molecule has 3 rings (SSSR count). The third-order valence-electron chi connectivity index (χ3n) is 4.43. The van der Waals surface area contributed by atoms with Gasteiger partial charge in [-0.1, -0.05) is 0 Å². The number of carbonyl (C=O) groups excluding carboxylic acids is 1. The van der Waals surface area contributed by atoms with Crippen LogP contribution < -0.4 is 10.2 Å². The van der Waals surface area contributed by atoms with Crippen LogP contribution in [0.2, 0.25) is 0 Å². The third kappa shape index (κ3) is 3.40. The standard InChI is InChI=1S/C18H21N5O/c1-13-11-17(22(2)21-13)18(24)20-15-7-9-23(10-8-15)16-5-3-14(12-19)4-6-16/h3-6,11,15H,7-10H2,1-2H3,(H,20,24). The molecule has 0 saturated carbocycles. The number of anilines is 1. The maximum atomic E-state index is 12.4. The lowest BCUT2D eigenvalue weighted by molar-refractivity contribution is 0.0921. The average molecular weight is 323 g/mol. The van der Waals surface area contributed by atoms with E-state index in [2.05, 4.69) is 21.4 Å². The number of carbonyl (C=O) groups is 1. The number of piperidine rings is 1. The van der Waals surface area contributed by atoms with Crippen molar-refractivity contribution in [3.05, 3.63) is 47.3 Å². The Bertz CT molecular complexity index is 764. The van der Waals surface area contributed by atoms with Crippen LogP contribution in [0.5, 0.6) is 0 Å². The number of nitriles is 1. The second-order valence-electron chi connectivity index (χ2n) is 6.19. The van der Waals surface area contributed by atoms with Crippen molar-refractivity contribution in [3.63, 3.8) is 0 Å². The fraction of sp³-hybridized carbons (Fsp3) is 0.389. The van der Waals surface area contributed by atoms with Gasteiger partial charge < -0.3 is 10.2 Å². The molecule has 2 aromatic rings. The molecular formula is C18H21N5O. The largest absolute Gasteiger partial charge is 0.371 e. The van der Waals surface area contributed by atoms with E-state index in [1.54, 1.807) is 17.8 Å². The van der Waals surface area contributed by atoms with Crippen molar-refractivity contribution < 1.29 is 4.79 Å². The number of aromatic nitrogens is 2. The topological polar surface area (TPSA) is 74.0 Å². The summed E-state index contributed by atoms with van der Waals surface area (Å²) in [7, 11) is 1.79. The molecule has 1 saturated heterocycles. The van der Waals surface area contributed by atoms with E-state index in [1.165, 1.54) is 0 Å². The van der Waals surface area contributed by atoms with Crippen LogP contribution in [-0.2, 0) is 7.05 Å². The molecule has 1 fully saturated rings. The first-order chi connectivity index (χ1) is 11.6. The number of amides is 1. The zero-order chi connectivity index (χ0) is 17.1. The van der Waals surface area contributed by atoms with E-state index in [1.807, 2.05) is 31.2 Å². The molecule has 2 heterocycles. The lowest BCUT2D eigenvalue weighted by atomic mass is 10.0. The first kappa shape index (κ1) is 16.1. The van der Waals surface area contributed by atoms with Crippen molar-refractivity contribution in [3.8, 4) is 6.07 Å². The SMILES string of the molecule is Cc1cc(C(=O)NC2CCN(c3ccc(C#N)cc3)CC2)n(C)n1. The minimum Gasteiger partial charge on any atom is -0.371 e. The van der Waals surface area contributed by atoms with E-state index in [0.29, 0.717) is 11.3 Å². The Balaban J connectivity index is 1.56. The van der Waals surface area contributed by atoms with Crippen molar-refractivity contribution in [2.45, 2.75) is 25.8 Å². The number of nitrogens with one attached hydrogen (secondary N) is 1. The Hall–Kier alpha value is -2.81. The summed E-state index contributed by atoms with van der Waals surface area (Å²) in [5.74, 6) is -0.0603. The predicted molar refractivity (Wildman–Crippen MR) is 91.8 cm³/mol. The molecule has 24 heavy (non-hydrogen) atoms. The van der Waals surface area contributed by atoms with Gasteiger partial charge in [-0.05, 0) is 50.1 Å². The minimum atomic E-state index is -0.0603. The molecule has 1 aliphatic rings. The summed E-state index contributed by atoms with van der Waals surface area (Å²) in [6.07, 6.45) is 1.81. The fourth-order valence-electron chi connectivity index (χ4n) is 3.11. The van der Waals surface area contributed by atoms with Gasteiger partial charge in [0.05, 0.1) is 17.3 Å². The highest BCUT2D eigenvalue weighted by atomic mass is 16.2. The zero-order valence-corrected chi connectivity index (χ0v) is 14.0. The van der Waals surface area contributed by atoms with Crippen LogP contribution in [0.1, 0.15) is 34.6 Å². The summed E-state index contributed by atoms with van der Waals surface area (Å²) in [5.41, 5.74) is 3.24. The molecule has 1 N–H and O–H groups in total. The van der Waals surface area contributed by atoms with E-state index in [-0.39, 0.29) is 11.9 Å². The van der Waals surface area contributed by atoms with Gasteiger partial charge >= 0.3 is 0 Å². The molecule has 1 aromatic carbocycles. The highest BCUT2D eigenvalue weighted by Crippen LogP contribution is 2.20. The van der Waals surface area contributed by atoms with E-state index in [0.717, 1.165) is 37.3 Å². The van der Waals surface area contributed by atoms with Gasteiger partial charge in [-0.15, -0.1) is 0 Å². The Kier molecular flexibility index (Phi) is 4.52. The van der Waals surface area contributed by atoms with Crippen molar-refractivity contribution in [2.24, 2.45) is 7.05 Å². The average Bonchev–Trinajstić information content (AvgIpc) is 2.94. The summed E-state index contributed by atoms with van der Waals surface area (Å²) in [5, 5.41) is 16.2. The van der Waals surface area contributed by atoms with Crippen molar-refractivity contribution in [1.29, 1.82) is 5.26 Å². The van der Waals surface area contributed by atoms with E-state index in [9.17, 15) is 4.79 Å². The Morgan fingerprint density at radius 1 is 1.29 bits per heavy atom. The Labute approximate surface area is 141 Å². The van der Waals surface area contributed by atoms with Gasteiger partial charge in [0.25, 0.3) is 5.91 Å². The smallest absolute Gasteiger partial charge is 0.269 e. The van der Waals surface area contributed by atoms with E-state index < -0.39 is 0 Å². The Morgan fingerprint density at radius 2 is 1.96 bits per heavy atom. The summed E-state index contributed by atoms with van der Waals surface area (Å²) in [6, 6.07) is 11.8. The molecule has 1 amide bonds. The van der Waals surface area contributed by atoms with Gasteiger partial charge in [0.1, 0.15) is 5.69 Å². The van der Waals surface area contributed by atoms with E-state index >= 15 is 0 Å². The van der Waals surface area contributed by atoms with Crippen molar-refractivity contribution >= 4 is 11.6 Å². The molecule has 6 nitrogen and oxygen atoms in total. The lowest BCUT2D eigenvalue weighted by Gasteiger charge is -2.34. The van der Waals surface area contributed by atoms with Gasteiger partial charge in [0, 0.05) is 31.9 Å². The van der Waals surface area contributed by atoms with Gasteiger partial charge in [-0.3, -0.25) is 9.48 Å². The first-order valence-electron chi connectivity index (χ1n) is 8.13. The summed E-state index contributed by atoms with van der Waals surface area (Å²) in [6.45, 7) is 3.66. The van der Waals surface area contributed by atoms with Crippen LogP contribution in [0, 0.1) is 18.3 Å². The number of hydrogen-bond acceptors (Lipinski definition) is 4.